The molecule has 0 heterocycles. The third-order valence-corrected chi connectivity index (χ3v) is 3.33. The van der Waals surface area contributed by atoms with E-state index in [1.54, 1.807) is 13.2 Å². The maximum Gasteiger partial charge on any atom is 0.269 e. The van der Waals surface area contributed by atoms with Gasteiger partial charge in [0.2, 0.25) is 0 Å². The van der Waals surface area contributed by atoms with Gasteiger partial charge in [-0.15, -0.1) is 0 Å². The van der Waals surface area contributed by atoms with Gasteiger partial charge in [0, 0.05) is 24.3 Å². The van der Waals surface area contributed by atoms with Gasteiger partial charge in [0.15, 0.2) is 0 Å². The summed E-state index contributed by atoms with van der Waals surface area (Å²) in [6.07, 6.45) is 2.57. The van der Waals surface area contributed by atoms with Crippen LogP contribution in [0.5, 0.6) is 5.75 Å². The van der Waals surface area contributed by atoms with Gasteiger partial charge in [-0.2, -0.15) is 0 Å². The Morgan fingerprint density at radius 2 is 2.24 bits per heavy atom. The van der Waals surface area contributed by atoms with Crippen molar-refractivity contribution >= 4 is 5.69 Å². The van der Waals surface area contributed by atoms with E-state index in [2.05, 4.69) is 0 Å². The summed E-state index contributed by atoms with van der Waals surface area (Å²) in [6, 6.07) is 4.58. The topological polar surface area (TPSA) is 72.6 Å². The molecule has 5 heteroatoms. The van der Waals surface area contributed by atoms with E-state index in [0.717, 1.165) is 18.4 Å². The number of methoxy groups -OCH3 is 1. The van der Waals surface area contributed by atoms with Gasteiger partial charge in [0.05, 0.1) is 12.0 Å². The predicted octanol–water partition coefficient (Wildman–Crippen LogP) is 1.92. The molecule has 0 aliphatic heterocycles. The number of nitro benzene ring substituents is 1. The average Bonchev–Trinajstić information content (AvgIpc) is 3.09. The van der Waals surface area contributed by atoms with Crippen LogP contribution in [0.25, 0.3) is 0 Å². The van der Waals surface area contributed by atoms with Crippen molar-refractivity contribution in [1.82, 2.24) is 0 Å². The quantitative estimate of drug-likeness (QED) is 0.627. The van der Waals surface area contributed by atoms with Crippen LogP contribution >= 0.6 is 0 Å². The first-order valence-corrected chi connectivity index (χ1v) is 5.52. The zero-order chi connectivity index (χ0) is 12.5. The number of aliphatic hydroxyl groups is 1. The average molecular weight is 237 g/mol. The van der Waals surface area contributed by atoms with Crippen molar-refractivity contribution in [1.29, 1.82) is 0 Å². The number of ether oxygens (including phenoxy) is 1. The van der Waals surface area contributed by atoms with E-state index in [4.69, 9.17) is 4.74 Å². The highest BCUT2D eigenvalue weighted by Crippen LogP contribution is 2.49. The number of hydrogen-bond donors (Lipinski definition) is 1. The van der Waals surface area contributed by atoms with Gasteiger partial charge in [-0.3, -0.25) is 10.1 Å². The second-order valence-corrected chi connectivity index (χ2v) is 4.59. The Balaban J connectivity index is 2.29. The van der Waals surface area contributed by atoms with Crippen molar-refractivity contribution in [2.24, 2.45) is 5.41 Å². The number of non-ortho nitro benzene ring substituents is 1. The van der Waals surface area contributed by atoms with Crippen LogP contribution in [-0.2, 0) is 6.42 Å². The van der Waals surface area contributed by atoms with Crippen LogP contribution in [0.1, 0.15) is 18.4 Å². The van der Waals surface area contributed by atoms with E-state index in [1.807, 2.05) is 0 Å². The van der Waals surface area contributed by atoms with Crippen molar-refractivity contribution in [2.75, 3.05) is 13.7 Å². The second-order valence-electron chi connectivity index (χ2n) is 4.59. The normalized spacial score (nSPS) is 16.6. The van der Waals surface area contributed by atoms with E-state index in [1.165, 1.54) is 12.1 Å². The maximum absolute atomic E-state index is 10.7. The Kier molecular flexibility index (Phi) is 3.02. The molecule has 1 aromatic carbocycles. The van der Waals surface area contributed by atoms with Crippen molar-refractivity contribution in [3.63, 3.8) is 0 Å². The molecule has 5 nitrogen and oxygen atoms in total. The van der Waals surface area contributed by atoms with Gasteiger partial charge in [0.25, 0.3) is 5.69 Å². The minimum atomic E-state index is -0.415. The monoisotopic (exact) mass is 237 g/mol. The van der Waals surface area contributed by atoms with E-state index in [9.17, 15) is 15.2 Å². The Morgan fingerprint density at radius 3 is 2.71 bits per heavy atom. The summed E-state index contributed by atoms with van der Waals surface area (Å²) in [4.78, 5) is 10.3. The first-order valence-electron chi connectivity index (χ1n) is 5.52. The highest BCUT2D eigenvalue weighted by atomic mass is 16.6. The fourth-order valence-electron chi connectivity index (χ4n) is 1.99. The molecule has 92 valence electrons. The molecule has 0 saturated heterocycles. The lowest BCUT2D eigenvalue weighted by atomic mass is 9.96. The second kappa shape index (κ2) is 4.33. The minimum Gasteiger partial charge on any atom is -0.496 e. The fourth-order valence-corrected chi connectivity index (χ4v) is 1.99. The summed E-state index contributed by atoms with van der Waals surface area (Å²) in [6.45, 7) is 0.124. The Labute approximate surface area is 99.2 Å². The van der Waals surface area contributed by atoms with Crippen LogP contribution in [-0.4, -0.2) is 23.7 Å². The predicted molar refractivity (Wildman–Crippen MR) is 62.1 cm³/mol. The van der Waals surface area contributed by atoms with Crippen molar-refractivity contribution in [2.45, 2.75) is 19.3 Å². The van der Waals surface area contributed by atoms with Crippen LogP contribution in [0, 0.1) is 15.5 Å². The molecule has 1 aliphatic carbocycles. The highest BCUT2D eigenvalue weighted by Gasteiger charge is 2.42. The van der Waals surface area contributed by atoms with Gasteiger partial charge in [-0.1, -0.05) is 0 Å². The van der Waals surface area contributed by atoms with Gasteiger partial charge < -0.3 is 9.84 Å². The molecular weight excluding hydrogens is 222 g/mol. The van der Waals surface area contributed by atoms with Crippen LogP contribution in [0.2, 0.25) is 0 Å². The minimum absolute atomic E-state index is 0.0644. The molecule has 2 rings (SSSR count). The van der Waals surface area contributed by atoms with Crippen LogP contribution in [0.3, 0.4) is 0 Å². The standard InChI is InChI=1S/C12H15NO4/c1-17-11-3-2-10(13(15)16)6-9(11)7-12(8-14)4-5-12/h2-3,6,14H,4-5,7-8H2,1H3. The Bertz CT molecular complexity index is 440. The van der Waals surface area contributed by atoms with Gasteiger partial charge in [0.1, 0.15) is 5.75 Å². The molecule has 0 unspecified atom stereocenters. The molecule has 1 N–H and O–H groups in total. The lowest BCUT2D eigenvalue weighted by molar-refractivity contribution is -0.384. The van der Waals surface area contributed by atoms with Gasteiger partial charge in [-0.25, -0.2) is 0 Å². The summed E-state index contributed by atoms with van der Waals surface area (Å²) in [7, 11) is 1.54. The molecule has 17 heavy (non-hydrogen) atoms. The van der Waals surface area contributed by atoms with E-state index >= 15 is 0 Å². The number of benzene rings is 1. The number of hydrogen-bond acceptors (Lipinski definition) is 4. The van der Waals surface area contributed by atoms with Gasteiger partial charge in [-0.05, 0) is 30.7 Å². The van der Waals surface area contributed by atoms with Crippen LogP contribution in [0.15, 0.2) is 18.2 Å². The van der Waals surface area contributed by atoms with Crippen molar-refractivity contribution in [3.05, 3.63) is 33.9 Å². The summed E-state index contributed by atoms with van der Waals surface area (Å²) in [5.74, 6) is 0.648. The van der Waals surface area contributed by atoms with Crippen molar-refractivity contribution in [3.8, 4) is 5.75 Å². The maximum atomic E-state index is 10.7. The summed E-state index contributed by atoms with van der Waals surface area (Å²) in [5.41, 5.74) is 0.783. The Hall–Kier alpha value is -1.62. The molecule has 0 radical (unpaired) electrons. The Morgan fingerprint density at radius 1 is 1.53 bits per heavy atom. The molecule has 0 amide bonds. The molecule has 1 aliphatic rings. The number of rotatable bonds is 5. The largest absolute Gasteiger partial charge is 0.496 e. The lowest BCUT2D eigenvalue weighted by Crippen LogP contribution is -2.11. The molecule has 1 fully saturated rings. The summed E-state index contributed by atoms with van der Waals surface area (Å²) in [5, 5.41) is 20.0. The lowest BCUT2D eigenvalue weighted by Gasteiger charge is -2.14. The molecule has 1 aromatic rings. The number of nitrogens with zero attached hydrogens (tertiary/aromatic N) is 1. The first kappa shape index (κ1) is 11.9. The molecule has 0 atom stereocenters. The highest BCUT2D eigenvalue weighted by molar-refractivity contribution is 5.44. The summed E-state index contributed by atoms with van der Waals surface area (Å²) >= 11 is 0. The zero-order valence-electron chi connectivity index (χ0n) is 9.68. The van der Waals surface area contributed by atoms with Crippen molar-refractivity contribution < 1.29 is 14.8 Å². The molecule has 1 saturated carbocycles. The van der Waals surface area contributed by atoms with E-state index in [0.29, 0.717) is 12.2 Å². The zero-order valence-corrected chi connectivity index (χ0v) is 9.68. The first-order chi connectivity index (χ1) is 8.10. The third-order valence-electron chi connectivity index (χ3n) is 3.33. The molecule has 0 bridgehead atoms. The third kappa shape index (κ3) is 2.39. The van der Waals surface area contributed by atoms with Gasteiger partial charge >= 0.3 is 0 Å². The van der Waals surface area contributed by atoms with Crippen LogP contribution < -0.4 is 4.74 Å². The number of aliphatic hydroxyl groups excluding tert-OH is 1. The SMILES string of the molecule is COc1ccc([N+](=O)[O-])cc1CC1(CO)CC1. The smallest absolute Gasteiger partial charge is 0.269 e. The molecular formula is C12H15NO4. The van der Waals surface area contributed by atoms with E-state index in [-0.39, 0.29) is 17.7 Å². The van der Waals surface area contributed by atoms with Crippen LogP contribution in [0.4, 0.5) is 5.69 Å². The van der Waals surface area contributed by atoms with E-state index < -0.39 is 4.92 Å². The number of nitro groups is 1. The molecule has 0 aromatic heterocycles. The fraction of sp³-hybridized carbons (Fsp3) is 0.500. The molecule has 0 spiro atoms. The summed E-state index contributed by atoms with van der Waals surface area (Å²) < 4.78 is 5.19.